The topological polar surface area (TPSA) is 69.4 Å². The number of benzene rings is 1. The zero-order valence-electron chi connectivity index (χ0n) is 8.25. The van der Waals surface area contributed by atoms with Crippen molar-refractivity contribution >= 4 is 5.97 Å². The number of carbonyl (C=O) groups is 1. The first-order chi connectivity index (χ1) is 7.11. The smallest absolute Gasteiger partial charge is 0.302 e. The van der Waals surface area contributed by atoms with Gasteiger partial charge in [-0.05, 0) is 0 Å². The summed E-state index contributed by atoms with van der Waals surface area (Å²) in [5, 5.41) is 10.7. The Kier molecular flexibility index (Phi) is 3.79. The van der Waals surface area contributed by atoms with Crippen molar-refractivity contribution in [3.63, 3.8) is 0 Å². The van der Waals surface area contributed by atoms with Crippen LogP contribution in [-0.2, 0) is 9.53 Å². The molecule has 0 aliphatic heterocycles. The summed E-state index contributed by atoms with van der Waals surface area (Å²) in [7, 11) is 0. The minimum absolute atomic E-state index is 0.230. The maximum atomic E-state index is 10.7. The third kappa shape index (κ3) is 3.38. The van der Waals surface area contributed by atoms with Crippen LogP contribution in [0.3, 0.4) is 0 Å². The molecule has 1 aromatic rings. The molecule has 0 radical (unpaired) electrons. The van der Waals surface area contributed by atoms with Gasteiger partial charge in [0.2, 0.25) is 0 Å². The van der Waals surface area contributed by atoms with Gasteiger partial charge in [0.05, 0.1) is 0 Å². The first-order valence-corrected chi connectivity index (χ1v) is 4.43. The Morgan fingerprint density at radius 1 is 1.47 bits per heavy atom. The molecule has 0 aliphatic rings. The SMILES string of the molecule is CC(=O)OCC(c1ccccc1)[N+](=O)[O-]. The Bertz CT molecular complexity index is 350. The van der Waals surface area contributed by atoms with Crippen LogP contribution in [-0.4, -0.2) is 17.5 Å². The molecule has 1 rings (SSSR count). The highest BCUT2D eigenvalue weighted by Crippen LogP contribution is 2.16. The molecule has 80 valence electrons. The summed E-state index contributed by atoms with van der Waals surface area (Å²) in [6.45, 7) is 0.994. The van der Waals surface area contributed by atoms with E-state index in [9.17, 15) is 14.9 Å². The van der Waals surface area contributed by atoms with E-state index in [4.69, 9.17) is 0 Å². The zero-order valence-corrected chi connectivity index (χ0v) is 8.25. The number of nitro groups is 1. The lowest BCUT2D eigenvalue weighted by Crippen LogP contribution is -2.18. The molecular formula is C10H11NO4. The van der Waals surface area contributed by atoms with Gasteiger partial charge in [0.1, 0.15) is 0 Å². The molecule has 0 amide bonds. The minimum Gasteiger partial charge on any atom is -0.458 e. The third-order valence-corrected chi connectivity index (χ3v) is 1.88. The lowest BCUT2D eigenvalue weighted by Gasteiger charge is -2.09. The molecule has 5 heteroatoms. The van der Waals surface area contributed by atoms with E-state index in [1.54, 1.807) is 30.3 Å². The molecule has 0 saturated heterocycles. The molecule has 0 N–H and O–H groups in total. The summed E-state index contributed by atoms with van der Waals surface area (Å²) in [4.78, 5) is 20.8. The van der Waals surface area contributed by atoms with Gasteiger partial charge in [-0.2, -0.15) is 0 Å². The highest BCUT2D eigenvalue weighted by atomic mass is 16.6. The Labute approximate surface area is 86.8 Å². The molecule has 5 nitrogen and oxygen atoms in total. The first kappa shape index (κ1) is 11.2. The Hall–Kier alpha value is -1.91. The van der Waals surface area contributed by atoms with Crippen molar-refractivity contribution in [1.29, 1.82) is 0 Å². The van der Waals surface area contributed by atoms with Crippen LogP contribution in [0.25, 0.3) is 0 Å². The minimum atomic E-state index is -0.991. The average molecular weight is 209 g/mol. The van der Waals surface area contributed by atoms with Crippen LogP contribution >= 0.6 is 0 Å². The molecule has 0 bridgehead atoms. The second-order valence-corrected chi connectivity index (χ2v) is 3.01. The van der Waals surface area contributed by atoms with Crippen molar-refractivity contribution < 1.29 is 14.5 Å². The van der Waals surface area contributed by atoms with E-state index in [0.29, 0.717) is 5.56 Å². The zero-order chi connectivity index (χ0) is 11.3. The Balaban J connectivity index is 2.75. The summed E-state index contributed by atoms with van der Waals surface area (Å²) in [5.41, 5.74) is 0.531. The summed E-state index contributed by atoms with van der Waals surface area (Å²) >= 11 is 0. The van der Waals surface area contributed by atoms with Crippen molar-refractivity contribution in [2.45, 2.75) is 13.0 Å². The summed E-state index contributed by atoms with van der Waals surface area (Å²) in [6, 6.07) is 7.47. The van der Waals surface area contributed by atoms with E-state index < -0.39 is 16.9 Å². The molecule has 0 spiro atoms. The number of rotatable bonds is 4. The second kappa shape index (κ2) is 5.09. The number of nitrogens with zero attached hydrogens (tertiary/aromatic N) is 1. The van der Waals surface area contributed by atoms with Crippen LogP contribution in [0, 0.1) is 10.1 Å². The molecule has 0 aromatic heterocycles. The van der Waals surface area contributed by atoms with Gasteiger partial charge in [-0.15, -0.1) is 0 Å². The number of esters is 1. The van der Waals surface area contributed by atoms with Crippen molar-refractivity contribution in [1.82, 2.24) is 0 Å². The van der Waals surface area contributed by atoms with Crippen LogP contribution in [0.15, 0.2) is 30.3 Å². The monoisotopic (exact) mass is 209 g/mol. The van der Waals surface area contributed by atoms with Crippen molar-refractivity contribution in [3.8, 4) is 0 Å². The summed E-state index contributed by atoms with van der Waals surface area (Å²) in [5.74, 6) is -0.516. The molecule has 1 unspecified atom stereocenters. The fourth-order valence-electron chi connectivity index (χ4n) is 1.15. The van der Waals surface area contributed by atoms with Gasteiger partial charge < -0.3 is 4.74 Å². The maximum absolute atomic E-state index is 10.7. The van der Waals surface area contributed by atoms with Crippen molar-refractivity contribution in [2.24, 2.45) is 0 Å². The van der Waals surface area contributed by atoms with Gasteiger partial charge in [-0.3, -0.25) is 14.9 Å². The number of carbonyl (C=O) groups excluding carboxylic acids is 1. The number of hydrogen-bond donors (Lipinski definition) is 0. The summed E-state index contributed by atoms with van der Waals surface area (Å²) in [6.07, 6.45) is 0. The lowest BCUT2D eigenvalue weighted by molar-refractivity contribution is -0.532. The fourth-order valence-corrected chi connectivity index (χ4v) is 1.15. The van der Waals surface area contributed by atoms with Crippen LogP contribution in [0.5, 0.6) is 0 Å². The number of hydrogen-bond acceptors (Lipinski definition) is 4. The van der Waals surface area contributed by atoms with E-state index in [1.807, 2.05) is 0 Å². The van der Waals surface area contributed by atoms with Crippen molar-refractivity contribution in [2.75, 3.05) is 6.61 Å². The largest absolute Gasteiger partial charge is 0.458 e. The predicted octanol–water partition coefficient (Wildman–Crippen LogP) is 1.57. The third-order valence-electron chi connectivity index (χ3n) is 1.88. The number of ether oxygens (including phenoxy) is 1. The molecule has 15 heavy (non-hydrogen) atoms. The molecular weight excluding hydrogens is 198 g/mol. The van der Waals surface area contributed by atoms with Gasteiger partial charge in [-0.25, -0.2) is 0 Å². The maximum Gasteiger partial charge on any atom is 0.302 e. The lowest BCUT2D eigenvalue weighted by atomic mass is 10.1. The van der Waals surface area contributed by atoms with E-state index in [2.05, 4.69) is 4.74 Å². The van der Waals surface area contributed by atoms with E-state index in [0.717, 1.165) is 0 Å². The standard InChI is InChI=1S/C10H11NO4/c1-8(12)15-7-10(11(13)14)9-5-3-2-4-6-9/h2-6,10H,7H2,1H3. The second-order valence-electron chi connectivity index (χ2n) is 3.01. The molecule has 0 saturated carbocycles. The first-order valence-electron chi connectivity index (χ1n) is 4.43. The molecule has 1 atom stereocenters. The fraction of sp³-hybridized carbons (Fsp3) is 0.300. The van der Waals surface area contributed by atoms with Crippen LogP contribution in [0.2, 0.25) is 0 Å². The Morgan fingerprint density at radius 2 is 2.07 bits per heavy atom. The average Bonchev–Trinajstić information content (AvgIpc) is 2.18. The quantitative estimate of drug-likeness (QED) is 0.428. The highest BCUT2D eigenvalue weighted by molar-refractivity contribution is 5.65. The van der Waals surface area contributed by atoms with E-state index in [1.165, 1.54) is 6.92 Å². The molecule has 0 fully saturated rings. The van der Waals surface area contributed by atoms with Gasteiger partial charge in [0.15, 0.2) is 6.61 Å². The Morgan fingerprint density at radius 3 is 2.53 bits per heavy atom. The van der Waals surface area contributed by atoms with E-state index >= 15 is 0 Å². The van der Waals surface area contributed by atoms with Gasteiger partial charge >= 0.3 is 5.97 Å². The molecule has 0 heterocycles. The van der Waals surface area contributed by atoms with Crippen molar-refractivity contribution in [3.05, 3.63) is 46.0 Å². The van der Waals surface area contributed by atoms with E-state index in [-0.39, 0.29) is 6.61 Å². The highest BCUT2D eigenvalue weighted by Gasteiger charge is 2.23. The molecule has 0 aliphatic carbocycles. The van der Waals surface area contributed by atoms with Gasteiger partial charge in [0.25, 0.3) is 6.04 Å². The summed E-state index contributed by atoms with van der Waals surface area (Å²) < 4.78 is 4.64. The normalized spacial score (nSPS) is 11.8. The van der Waals surface area contributed by atoms with Crippen LogP contribution in [0.4, 0.5) is 0 Å². The van der Waals surface area contributed by atoms with Gasteiger partial charge in [-0.1, -0.05) is 30.3 Å². The molecule has 1 aromatic carbocycles. The van der Waals surface area contributed by atoms with Gasteiger partial charge in [0, 0.05) is 17.4 Å². The van der Waals surface area contributed by atoms with Crippen LogP contribution in [0.1, 0.15) is 18.5 Å². The predicted molar refractivity (Wildman–Crippen MR) is 52.8 cm³/mol. The van der Waals surface area contributed by atoms with Crippen LogP contribution < -0.4 is 0 Å².